The number of hydrogen-bond acceptors (Lipinski definition) is 6. The van der Waals surface area contributed by atoms with Crippen LogP contribution in [0.1, 0.15) is 52.5 Å². The van der Waals surface area contributed by atoms with Crippen LogP contribution in [-0.2, 0) is 25.6 Å². The van der Waals surface area contributed by atoms with E-state index >= 15 is 0 Å². The number of carbonyl (C=O) groups excluding carboxylic acids is 3. The summed E-state index contributed by atoms with van der Waals surface area (Å²) in [5, 5.41) is 18.4. The first-order valence-electron chi connectivity index (χ1n) is 13.8. The van der Waals surface area contributed by atoms with Crippen LogP contribution in [0.15, 0.2) is 35.5 Å². The molecule has 0 saturated carbocycles. The monoisotopic (exact) mass is 572 g/mol. The second-order valence-electron chi connectivity index (χ2n) is 10.9. The summed E-state index contributed by atoms with van der Waals surface area (Å²) in [4.78, 5) is 58.6. The second-order valence-corrected chi connectivity index (χ2v) is 10.9. The zero-order chi connectivity index (χ0) is 30.7. The number of carboxylic acid groups (broad SMARTS) is 1. The number of nitrogens with zero attached hydrogens (tertiary/aromatic N) is 1. The lowest BCUT2D eigenvalue weighted by Gasteiger charge is -2.26. The number of aliphatic carboxylic acids is 1. The molecule has 0 bridgehead atoms. The fraction of sp³-hybridized carbons (Fsp3) is 0.536. The van der Waals surface area contributed by atoms with Crippen LogP contribution in [0.2, 0.25) is 0 Å². The Kier molecular flexibility index (Phi) is 12.6. The summed E-state index contributed by atoms with van der Waals surface area (Å²) < 4.78 is 0. The molecule has 4 atom stereocenters. The number of carbonyl (C=O) groups is 4. The number of nitrogens with two attached hydrogens (primary N) is 3. The highest BCUT2D eigenvalue weighted by molar-refractivity contribution is 5.95. The molecule has 0 aliphatic heterocycles. The standard InChI is InChI=1S/C28H44N8O5/c1-15(2)12-19(29)24(37)35-22(13-17-14-33-20-9-6-5-8-18(17)20)26(39)34-21(10-7-11-32-28(30)31)25(38)36-23(16(3)4)27(40)41/h5-6,8-9,14-16,19,21-23,33H,7,10-13,29H2,1-4H3,(H,34,39)(H,35,37)(H,36,38)(H,40,41)(H4,30,31,32). The average Bonchev–Trinajstić information content (AvgIpc) is 3.30. The van der Waals surface area contributed by atoms with Crippen LogP contribution in [0.3, 0.4) is 0 Å². The smallest absolute Gasteiger partial charge is 0.326 e. The Labute approximate surface area is 240 Å². The number of guanidine groups is 1. The minimum atomic E-state index is -1.19. The topological polar surface area (TPSA) is 231 Å². The van der Waals surface area contributed by atoms with Gasteiger partial charge in [-0.3, -0.25) is 19.4 Å². The van der Waals surface area contributed by atoms with Crippen LogP contribution < -0.4 is 33.2 Å². The number of fused-ring (bicyclic) bond motifs is 1. The van der Waals surface area contributed by atoms with Crippen molar-refractivity contribution in [2.24, 2.45) is 34.0 Å². The molecule has 0 saturated heterocycles. The van der Waals surface area contributed by atoms with Crippen molar-refractivity contribution >= 4 is 40.6 Å². The maximum atomic E-state index is 13.7. The number of carboxylic acids is 1. The van der Waals surface area contributed by atoms with Crippen LogP contribution in [0.4, 0.5) is 0 Å². The lowest BCUT2D eigenvalue weighted by Crippen LogP contribution is -2.58. The number of H-pyrrole nitrogens is 1. The summed E-state index contributed by atoms with van der Waals surface area (Å²) >= 11 is 0. The van der Waals surface area contributed by atoms with Gasteiger partial charge in [-0.1, -0.05) is 45.9 Å². The largest absolute Gasteiger partial charge is 0.480 e. The molecule has 11 N–H and O–H groups in total. The van der Waals surface area contributed by atoms with E-state index in [9.17, 15) is 24.3 Å². The highest BCUT2D eigenvalue weighted by atomic mass is 16.4. The SMILES string of the molecule is CC(C)CC(N)C(=O)NC(Cc1c[nH]c2ccccc12)C(=O)NC(CCCN=C(N)N)C(=O)NC(C(=O)O)C(C)C. The summed E-state index contributed by atoms with van der Waals surface area (Å²) in [6, 6.07) is 3.40. The molecule has 0 aliphatic carbocycles. The van der Waals surface area contributed by atoms with Crippen molar-refractivity contribution in [3.63, 3.8) is 0 Å². The summed E-state index contributed by atoms with van der Waals surface area (Å²) in [6.45, 7) is 7.41. The van der Waals surface area contributed by atoms with Gasteiger partial charge >= 0.3 is 5.97 Å². The third-order valence-corrected chi connectivity index (χ3v) is 6.60. The van der Waals surface area contributed by atoms with Crippen molar-refractivity contribution in [1.82, 2.24) is 20.9 Å². The molecule has 2 rings (SSSR count). The zero-order valence-corrected chi connectivity index (χ0v) is 24.1. The van der Waals surface area contributed by atoms with Crippen molar-refractivity contribution < 1.29 is 24.3 Å². The molecule has 3 amide bonds. The fourth-order valence-electron chi connectivity index (χ4n) is 4.44. The number of benzene rings is 1. The van der Waals surface area contributed by atoms with Gasteiger partial charge in [-0.2, -0.15) is 0 Å². The second kappa shape index (κ2) is 15.6. The van der Waals surface area contributed by atoms with Gasteiger partial charge < -0.3 is 43.2 Å². The Morgan fingerprint density at radius 2 is 1.59 bits per heavy atom. The molecule has 0 fully saturated rings. The molecule has 0 spiro atoms. The molecule has 1 aromatic carbocycles. The van der Waals surface area contributed by atoms with Crippen LogP contribution in [0.25, 0.3) is 10.9 Å². The van der Waals surface area contributed by atoms with E-state index in [4.69, 9.17) is 17.2 Å². The van der Waals surface area contributed by atoms with Crippen molar-refractivity contribution in [2.75, 3.05) is 6.54 Å². The van der Waals surface area contributed by atoms with E-state index in [1.54, 1.807) is 20.0 Å². The van der Waals surface area contributed by atoms with Crippen molar-refractivity contribution in [2.45, 2.75) is 77.5 Å². The predicted molar refractivity (Wildman–Crippen MR) is 158 cm³/mol. The Hall–Kier alpha value is -4.13. The average molecular weight is 573 g/mol. The molecule has 13 nitrogen and oxygen atoms in total. The van der Waals surface area contributed by atoms with E-state index < -0.39 is 53.8 Å². The van der Waals surface area contributed by atoms with Gasteiger partial charge in [-0.05, 0) is 42.7 Å². The molecule has 2 aromatic rings. The number of aliphatic imine (C=N–C) groups is 1. The van der Waals surface area contributed by atoms with E-state index in [1.807, 2.05) is 38.1 Å². The molecule has 1 aromatic heterocycles. The van der Waals surface area contributed by atoms with Gasteiger partial charge in [-0.25, -0.2) is 4.79 Å². The minimum absolute atomic E-state index is 0.111. The number of aromatic nitrogens is 1. The Morgan fingerprint density at radius 1 is 0.951 bits per heavy atom. The number of rotatable bonds is 16. The zero-order valence-electron chi connectivity index (χ0n) is 24.1. The van der Waals surface area contributed by atoms with Crippen molar-refractivity contribution in [3.8, 4) is 0 Å². The molecular formula is C28H44N8O5. The Morgan fingerprint density at radius 3 is 2.20 bits per heavy atom. The molecule has 4 unspecified atom stereocenters. The molecular weight excluding hydrogens is 528 g/mol. The lowest BCUT2D eigenvalue weighted by atomic mass is 10.0. The quantitative estimate of drug-likeness (QED) is 0.0791. The van der Waals surface area contributed by atoms with E-state index in [2.05, 4.69) is 25.9 Å². The number of nitrogens with one attached hydrogen (secondary N) is 4. The maximum absolute atomic E-state index is 13.7. The molecule has 0 radical (unpaired) electrons. The minimum Gasteiger partial charge on any atom is -0.480 e. The third kappa shape index (κ3) is 10.4. The van der Waals surface area contributed by atoms with Gasteiger partial charge in [0.25, 0.3) is 0 Å². The third-order valence-electron chi connectivity index (χ3n) is 6.60. The van der Waals surface area contributed by atoms with Crippen molar-refractivity contribution in [1.29, 1.82) is 0 Å². The fourth-order valence-corrected chi connectivity index (χ4v) is 4.44. The number of amides is 3. The van der Waals surface area contributed by atoms with E-state index in [0.717, 1.165) is 16.5 Å². The summed E-state index contributed by atoms with van der Waals surface area (Å²) in [5.74, 6) is -3.30. The van der Waals surface area contributed by atoms with E-state index in [-0.39, 0.29) is 31.3 Å². The van der Waals surface area contributed by atoms with Gasteiger partial charge in [0, 0.05) is 30.1 Å². The molecule has 41 heavy (non-hydrogen) atoms. The predicted octanol–water partition coefficient (Wildman–Crippen LogP) is 0.332. The Balaban J connectivity index is 2.32. The van der Waals surface area contributed by atoms with Gasteiger partial charge in [-0.15, -0.1) is 0 Å². The maximum Gasteiger partial charge on any atom is 0.326 e. The van der Waals surface area contributed by atoms with Crippen LogP contribution in [0, 0.1) is 11.8 Å². The summed E-state index contributed by atoms with van der Waals surface area (Å²) in [7, 11) is 0. The molecule has 13 heteroatoms. The lowest BCUT2D eigenvalue weighted by molar-refractivity contribution is -0.143. The van der Waals surface area contributed by atoms with Gasteiger partial charge in [0.1, 0.15) is 18.1 Å². The molecule has 0 aliphatic rings. The van der Waals surface area contributed by atoms with Crippen LogP contribution in [0.5, 0.6) is 0 Å². The number of hydrogen-bond donors (Lipinski definition) is 8. The highest BCUT2D eigenvalue weighted by Crippen LogP contribution is 2.19. The van der Waals surface area contributed by atoms with Gasteiger partial charge in [0.05, 0.1) is 6.04 Å². The first kappa shape index (κ1) is 33.1. The number of aromatic amines is 1. The highest BCUT2D eigenvalue weighted by Gasteiger charge is 2.31. The summed E-state index contributed by atoms with van der Waals surface area (Å²) in [5.41, 5.74) is 18.5. The van der Waals surface area contributed by atoms with Gasteiger partial charge in [0.15, 0.2) is 5.96 Å². The van der Waals surface area contributed by atoms with E-state index in [1.165, 1.54) is 0 Å². The van der Waals surface area contributed by atoms with E-state index in [0.29, 0.717) is 12.8 Å². The normalized spacial score (nSPS) is 14.2. The van der Waals surface area contributed by atoms with Crippen LogP contribution in [-0.4, -0.2) is 70.5 Å². The van der Waals surface area contributed by atoms with Crippen molar-refractivity contribution in [3.05, 3.63) is 36.0 Å². The van der Waals surface area contributed by atoms with Crippen LogP contribution >= 0.6 is 0 Å². The Bertz CT molecular complexity index is 1220. The molecule has 1 heterocycles. The molecule has 226 valence electrons. The van der Waals surface area contributed by atoms with Gasteiger partial charge in [0.2, 0.25) is 17.7 Å². The number of para-hydroxylation sites is 1. The first-order valence-corrected chi connectivity index (χ1v) is 13.8. The first-order chi connectivity index (χ1) is 19.3. The summed E-state index contributed by atoms with van der Waals surface area (Å²) in [6.07, 6.45) is 2.77.